The third-order valence-corrected chi connectivity index (χ3v) is 4.97. The molecule has 0 spiro atoms. The number of benzene rings is 1. The molecule has 0 radical (unpaired) electrons. The van der Waals surface area contributed by atoms with Crippen LogP contribution in [0.15, 0.2) is 18.2 Å². The number of alkyl halides is 3. The zero-order chi connectivity index (χ0) is 18.0. The number of carbonyl (C=O) groups is 1. The van der Waals surface area contributed by atoms with E-state index in [1.165, 1.54) is 6.07 Å². The van der Waals surface area contributed by atoms with Gasteiger partial charge >= 0.3 is 6.18 Å². The maximum Gasteiger partial charge on any atom is 0.416 e. The molecule has 2 N–H and O–H groups in total. The van der Waals surface area contributed by atoms with Crippen LogP contribution in [0.5, 0.6) is 0 Å². The summed E-state index contributed by atoms with van der Waals surface area (Å²) in [6.07, 6.45) is -1.07. The second-order valence-corrected chi connectivity index (χ2v) is 7.03. The lowest BCUT2D eigenvalue weighted by atomic mass is 9.98. The molecule has 2 aliphatic heterocycles. The van der Waals surface area contributed by atoms with Crippen LogP contribution in [-0.2, 0) is 11.0 Å². The monoisotopic (exact) mass is 375 g/mol. The fourth-order valence-corrected chi connectivity index (χ4v) is 3.77. The highest BCUT2D eigenvalue weighted by Gasteiger charge is 2.35. The quantitative estimate of drug-likeness (QED) is 0.849. The van der Waals surface area contributed by atoms with Crippen molar-refractivity contribution in [3.05, 3.63) is 28.8 Å². The SMILES string of the molecule is O=C1C(Nc2cc(Cl)cc(C(F)(F)F)c2)CCCN1[C@@H]1CCCNC1. The lowest BCUT2D eigenvalue weighted by Gasteiger charge is -2.40. The normalized spacial score (nSPS) is 25.1. The van der Waals surface area contributed by atoms with Gasteiger partial charge in [0.05, 0.1) is 5.56 Å². The number of nitrogens with zero attached hydrogens (tertiary/aromatic N) is 1. The van der Waals surface area contributed by atoms with Crippen molar-refractivity contribution in [3.8, 4) is 0 Å². The van der Waals surface area contributed by atoms with Crippen LogP contribution >= 0.6 is 11.6 Å². The number of rotatable bonds is 3. The first kappa shape index (κ1) is 18.3. The maximum atomic E-state index is 12.9. The Bertz CT molecular complexity index is 632. The number of hydrogen-bond donors (Lipinski definition) is 2. The van der Waals surface area contributed by atoms with E-state index in [9.17, 15) is 18.0 Å². The van der Waals surface area contributed by atoms with Crippen LogP contribution in [0.2, 0.25) is 5.02 Å². The highest BCUT2D eigenvalue weighted by atomic mass is 35.5. The predicted molar refractivity (Wildman–Crippen MR) is 90.7 cm³/mol. The molecule has 2 fully saturated rings. The smallest absolute Gasteiger partial charge is 0.374 e. The van der Waals surface area contributed by atoms with Gasteiger partial charge in [-0.15, -0.1) is 0 Å². The molecule has 2 saturated heterocycles. The van der Waals surface area contributed by atoms with Gasteiger partial charge in [0.15, 0.2) is 0 Å². The second-order valence-electron chi connectivity index (χ2n) is 6.60. The molecule has 2 heterocycles. The summed E-state index contributed by atoms with van der Waals surface area (Å²) in [5.74, 6) is -0.0477. The predicted octanol–water partition coefficient (Wildman–Crippen LogP) is 3.51. The molecule has 0 aromatic heterocycles. The Kier molecular flexibility index (Phi) is 5.43. The third kappa shape index (κ3) is 4.39. The van der Waals surface area contributed by atoms with Crippen molar-refractivity contribution in [2.75, 3.05) is 25.0 Å². The van der Waals surface area contributed by atoms with Crippen LogP contribution in [0.4, 0.5) is 18.9 Å². The maximum absolute atomic E-state index is 12.9. The van der Waals surface area contributed by atoms with Crippen molar-refractivity contribution in [3.63, 3.8) is 0 Å². The van der Waals surface area contributed by atoms with E-state index in [0.717, 1.165) is 44.5 Å². The van der Waals surface area contributed by atoms with Crippen molar-refractivity contribution in [2.45, 2.75) is 43.9 Å². The van der Waals surface area contributed by atoms with Gasteiger partial charge in [0.1, 0.15) is 6.04 Å². The molecular weight excluding hydrogens is 355 g/mol. The highest BCUT2D eigenvalue weighted by Crippen LogP contribution is 2.34. The van der Waals surface area contributed by atoms with Crippen molar-refractivity contribution in [2.24, 2.45) is 0 Å². The molecule has 2 aliphatic rings. The van der Waals surface area contributed by atoms with Crippen molar-refractivity contribution in [1.29, 1.82) is 0 Å². The minimum atomic E-state index is -4.47. The summed E-state index contributed by atoms with van der Waals surface area (Å²) < 4.78 is 38.8. The molecular formula is C17H21ClF3N3O. The number of halogens is 4. The summed E-state index contributed by atoms with van der Waals surface area (Å²) in [4.78, 5) is 14.6. The average Bonchev–Trinajstić information content (AvgIpc) is 2.56. The van der Waals surface area contributed by atoms with Crippen LogP contribution in [0.3, 0.4) is 0 Å². The van der Waals surface area contributed by atoms with Gasteiger partial charge in [0, 0.05) is 29.8 Å². The Morgan fingerprint density at radius 2 is 2.00 bits per heavy atom. The van der Waals surface area contributed by atoms with Gasteiger partial charge in [-0.3, -0.25) is 4.79 Å². The summed E-state index contributed by atoms with van der Waals surface area (Å²) in [5.41, 5.74) is -0.596. The topological polar surface area (TPSA) is 44.4 Å². The molecule has 1 aromatic carbocycles. The summed E-state index contributed by atoms with van der Waals surface area (Å²) in [6.45, 7) is 2.43. The number of likely N-dealkylation sites (tertiary alicyclic amines) is 1. The van der Waals surface area contributed by atoms with E-state index in [2.05, 4.69) is 10.6 Å². The number of carbonyl (C=O) groups excluding carboxylic acids is 1. The van der Waals surface area contributed by atoms with Crippen LogP contribution in [0.25, 0.3) is 0 Å². The number of nitrogens with one attached hydrogen (secondary N) is 2. The number of anilines is 1. The zero-order valence-corrected chi connectivity index (χ0v) is 14.5. The zero-order valence-electron chi connectivity index (χ0n) is 13.7. The Hall–Kier alpha value is -1.47. The minimum absolute atomic E-state index is 0.00563. The molecule has 25 heavy (non-hydrogen) atoms. The van der Waals surface area contributed by atoms with Crippen molar-refractivity contribution >= 4 is 23.2 Å². The Balaban J connectivity index is 1.73. The van der Waals surface area contributed by atoms with Crippen molar-refractivity contribution < 1.29 is 18.0 Å². The standard InChI is InChI=1S/C17H21ClF3N3O/c18-12-7-11(17(19,20)21)8-13(9-12)23-15-4-2-6-24(16(15)25)14-3-1-5-22-10-14/h7-9,14-15,22-23H,1-6,10H2/t14-,15?/m1/s1. The molecule has 0 aliphatic carbocycles. The van der Waals surface area contributed by atoms with Crippen molar-refractivity contribution in [1.82, 2.24) is 10.2 Å². The van der Waals surface area contributed by atoms with Gasteiger partial charge in [0.2, 0.25) is 5.91 Å². The fourth-order valence-electron chi connectivity index (χ4n) is 3.53. The van der Waals surface area contributed by atoms with Gasteiger partial charge in [-0.05, 0) is 50.4 Å². The van der Waals surface area contributed by atoms with Gasteiger partial charge in [0.25, 0.3) is 0 Å². The number of amides is 1. The van der Waals surface area contributed by atoms with E-state index in [-0.39, 0.29) is 22.7 Å². The highest BCUT2D eigenvalue weighted by molar-refractivity contribution is 6.31. The minimum Gasteiger partial charge on any atom is -0.374 e. The molecule has 1 unspecified atom stereocenters. The molecule has 4 nitrogen and oxygen atoms in total. The molecule has 0 bridgehead atoms. The molecule has 1 aromatic rings. The summed E-state index contributed by atoms with van der Waals surface area (Å²) in [7, 11) is 0. The lowest BCUT2D eigenvalue weighted by Crippen LogP contribution is -2.55. The number of piperidine rings is 2. The molecule has 8 heteroatoms. The largest absolute Gasteiger partial charge is 0.416 e. The lowest BCUT2D eigenvalue weighted by molar-refractivity contribution is -0.137. The van der Waals surface area contributed by atoms with Gasteiger partial charge in [-0.1, -0.05) is 11.6 Å². The van der Waals surface area contributed by atoms with Gasteiger partial charge < -0.3 is 15.5 Å². The Morgan fingerprint density at radius 1 is 1.20 bits per heavy atom. The van der Waals surface area contributed by atoms with Crippen LogP contribution < -0.4 is 10.6 Å². The molecule has 2 atom stereocenters. The fraction of sp³-hybridized carbons (Fsp3) is 0.588. The first-order chi connectivity index (χ1) is 11.8. The molecule has 3 rings (SSSR count). The van der Waals surface area contributed by atoms with E-state index in [4.69, 9.17) is 11.6 Å². The molecule has 138 valence electrons. The summed E-state index contributed by atoms with van der Waals surface area (Å²) in [5, 5.41) is 6.24. The summed E-state index contributed by atoms with van der Waals surface area (Å²) >= 11 is 5.82. The van der Waals surface area contributed by atoms with E-state index in [1.54, 1.807) is 0 Å². The number of hydrogen-bond acceptors (Lipinski definition) is 3. The van der Waals surface area contributed by atoms with Crippen LogP contribution in [0, 0.1) is 0 Å². The Labute approximate surface area is 149 Å². The molecule has 0 saturated carbocycles. The van der Waals surface area contributed by atoms with Gasteiger partial charge in [-0.2, -0.15) is 13.2 Å². The van der Waals surface area contributed by atoms with Crippen LogP contribution in [0.1, 0.15) is 31.2 Å². The molecule has 1 amide bonds. The summed E-state index contributed by atoms with van der Waals surface area (Å²) in [6, 6.07) is 2.95. The van der Waals surface area contributed by atoms with Crippen LogP contribution in [-0.4, -0.2) is 42.5 Å². The Morgan fingerprint density at radius 3 is 2.68 bits per heavy atom. The first-order valence-corrected chi connectivity index (χ1v) is 8.88. The van der Waals surface area contributed by atoms with Gasteiger partial charge in [-0.25, -0.2) is 0 Å². The first-order valence-electron chi connectivity index (χ1n) is 8.50. The average molecular weight is 376 g/mol. The van der Waals surface area contributed by atoms with E-state index in [0.29, 0.717) is 13.0 Å². The third-order valence-electron chi connectivity index (χ3n) is 4.75. The van der Waals surface area contributed by atoms with E-state index < -0.39 is 17.8 Å². The van der Waals surface area contributed by atoms with E-state index in [1.807, 2.05) is 4.90 Å². The van der Waals surface area contributed by atoms with E-state index >= 15 is 0 Å². The second kappa shape index (κ2) is 7.41.